The van der Waals surface area contributed by atoms with Crippen LogP contribution in [0.5, 0.6) is 0 Å². The summed E-state index contributed by atoms with van der Waals surface area (Å²) in [6.45, 7) is 5.59. The highest BCUT2D eigenvalue weighted by atomic mass is 16.2. The van der Waals surface area contributed by atoms with Gasteiger partial charge in [0.15, 0.2) is 0 Å². The summed E-state index contributed by atoms with van der Waals surface area (Å²) in [5, 5.41) is 5.81. The molecule has 0 fully saturated rings. The fraction of sp³-hybridized carbons (Fsp3) is 0.0526. The number of benzene rings is 2. The van der Waals surface area contributed by atoms with Crippen molar-refractivity contribution in [2.45, 2.75) is 6.92 Å². The van der Waals surface area contributed by atoms with Gasteiger partial charge in [0.1, 0.15) is 0 Å². The van der Waals surface area contributed by atoms with Gasteiger partial charge in [0.2, 0.25) is 0 Å². The van der Waals surface area contributed by atoms with Crippen molar-refractivity contribution in [3.05, 3.63) is 77.9 Å². The lowest BCUT2D eigenvalue weighted by Gasteiger charge is -2.11. The number of hydrazone groups is 1. The highest BCUT2D eigenvalue weighted by Gasteiger charge is 2.28. The maximum atomic E-state index is 12.6. The van der Waals surface area contributed by atoms with Crippen molar-refractivity contribution < 1.29 is 4.79 Å². The van der Waals surface area contributed by atoms with E-state index in [9.17, 15) is 4.79 Å². The first kappa shape index (κ1) is 14.0. The summed E-state index contributed by atoms with van der Waals surface area (Å²) < 4.78 is 0. The molecule has 0 saturated carbocycles. The van der Waals surface area contributed by atoms with Crippen molar-refractivity contribution in [2.75, 3.05) is 5.01 Å². The van der Waals surface area contributed by atoms with Crippen LogP contribution in [0.4, 0.5) is 5.69 Å². The molecule has 22 heavy (non-hydrogen) atoms. The number of nitrogens with zero attached hydrogens (tertiary/aromatic N) is 2. The normalized spacial score (nSPS) is 16.0. The van der Waals surface area contributed by atoms with Gasteiger partial charge in [-0.1, -0.05) is 55.1 Å². The zero-order valence-electron chi connectivity index (χ0n) is 12.4. The predicted octanol–water partition coefficient (Wildman–Crippen LogP) is 4.14. The van der Waals surface area contributed by atoms with Gasteiger partial charge in [0.05, 0.1) is 17.0 Å². The van der Waals surface area contributed by atoms with Crippen molar-refractivity contribution in [1.29, 1.82) is 0 Å². The minimum Gasteiger partial charge on any atom is -0.267 e. The molecule has 1 aliphatic heterocycles. The molecule has 0 aliphatic carbocycles. The quantitative estimate of drug-likeness (QED) is 0.781. The van der Waals surface area contributed by atoms with E-state index in [0.29, 0.717) is 5.57 Å². The average molecular weight is 288 g/mol. The van der Waals surface area contributed by atoms with E-state index in [4.69, 9.17) is 0 Å². The second kappa shape index (κ2) is 5.82. The third-order valence-electron chi connectivity index (χ3n) is 3.55. The minimum atomic E-state index is -0.100. The summed E-state index contributed by atoms with van der Waals surface area (Å²) in [6.07, 6.45) is 3.67. The van der Waals surface area contributed by atoms with E-state index in [2.05, 4.69) is 11.7 Å². The minimum absolute atomic E-state index is 0.100. The maximum Gasteiger partial charge on any atom is 0.280 e. The molecule has 1 aliphatic rings. The Kier molecular flexibility index (Phi) is 3.71. The Morgan fingerprint density at radius 3 is 2.27 bits per heavy atom. The van der Waals surface area contributed by atoms with Crippen LogP contribution in [0.2, 0.25) is 0 Å². The molecule has 0 unspecified atom stereocenters. The van der Waals surface area contributed by atoms with Crippen LogP contribution in [0.25, 0.3) is 12.2 Å². The van der Waals surface area contributed by atoms with Crippen molar-refractivity contribution in [1.82, 2.24) is 0 Å². The Labute approximate surface area is 129 Å². The Balaban J connectivity index is 1.92. The van der Waals surface area contributed by atoms with Gasteiger partial charge in [-0.15, -0.1) is 0 Å². The Hall–Kier alpha value is -2.94. The number of carbonyl (C=O) groups excluding carboxylic acids is 1. The second-order valence-corrected chi connectivity index (χ2v) is 5.07. The van der Waals surface area contributed by atoms with Gasteiger partial charge in [0, 0.05) is 0 Å². The Morgan fingerprint density at radius 1 is 1.00 bits per heavy atom. The fourth-order valence-electron chi connectivity index (χ4n) is 2.32. The summed E-state index contributed by atoms with van der Waals surface area (Å²) in [5.74, 6) is -0.100. The van der Waals surface area contributed by atoms with Crippen LogP contribution in [-0.2, 0) is 4.79 Å². The molecule has 0 bridgehead atoms. The van der Waals surface area contributed by atoms with Gasteiger partial charge in [-0.05, 0) is 36.3 Å². The van der Waals surface area contributed by atoms with E-state index in [0.717, 1.165) is 22.5 Å². The van der Waals surface area contributed by atoms with Crippen molar-refractivity contribution in [3.8, 4) is 0 Å². The van der Waals surface area contributed by atoms with Gasteiger partial charge >= 0.3 is 0 Å². The Bertz CT molecular complexity index is 771. The van der Waals surface area contributed by atoms with Crippen molar-refractivity contribution in [2.24, 2.45) is 5.10 Å². The largest absolute Gasteiger partial charge is 0.280 e. The monoisotopic (exact) mass is 288 g/mol. The van der Waals surface area contributed by atoms with Crippen LogP contribution in [0.1, 0.15) is 18.1 Å². The first-order valence-electron chi connectivity index (χ1n) is 7.08. The summed E-state index contributed by atoms with van der Waals surface area (Å²) in [5.41, 5.74) is 4.14. The summed E-state index contributed by atoms with van der Waals surface area (Å²) >= 11 is 0. The predicted molar refractivity (Wildman–Crippen MR) is 91.5 cm³/mol. The lowest BCUT2D eigenvalue weighted by molar-refractivity contribution is -0.114. The fourth-order valence-corrected chi connectivity index (χ4v) is 2.32. The molecule has 0 radical (unpaired) electrons. The van der Waals surface area contributed by atoms with E-state index >= 15 is 0 Å². The molecule has 3 nitrogen and oxygen atoms in total. The van der Waals surface area contributed by atoms with Gasteiger partial charge in [-0.25, -0.2) is 0 Å². The first-order chi connectivity index (χ1) is 10.7. The smallest absolute Gasteiger partial charge is 0.267 e. The zero-order chi connectivity index (χ0) is 15.5. The van der Waals surface area contributed by atoms with Crippen LogP contribution in [-0.4, -0.2) is 11.6 Å². The van der Waals surface area contributed by atoms with Crippen LogP contribution in [0.3, 0.4) is 0 Å². The molecule has 3 rings (SSSR count). The number of para-hydroxylation sites is 1. The summed E-state index contributed by atoms with van der Waals surface area (Å²) in [6, 6.07) is 17.3. The Morgan fingerprint density at radius 2 is 1.64 bits per heavy atom. The van der Waals surface area contributed by atoms with Gasteiger partial charge in [-0.2, -0.15) is 10.1 Å². The molecular formula is C19H16N2O. The number of rotatable bonds is 3. The number of hydrogen-bond donors (Lipinski definition) is 0. The second-order valence-electron chi connectivity index (χ2n) is 5.07. The highest BCUT2D eigenvalue weighted by Crippen LogP contribution is 2.24. The third-order valence-corrected chi connectivity index (χ3v) is 3.55. The summed E-state index contributed by atoms with van der Waals surface area (Å²) in [4.78, 5) is 12.6. The molecule has 108 valence electrons. The topological polar surface area (TPSA) is 32.7 Å². The maximum absolute atomic E-state index is 12.6. The van der Waals surface area contributed by atoms with Crippen molar-refractivity contribution >= 4 is 29.5 Å². The lowest BCUT2D eigenvalue weighted by atomic mass is 10.1. The van der Waals surface area contributed by atoms with Crippen LogP contribution in [0.15, 0.2) is 71.9 Å². The third kappa shape index (κ3) is 2.61. The van der Waals surface area contributed by atoms with E-state index in [1.54, 1.807) is 6.08 Å². The highest BCUT2D eigenvalue weighted by molar-refractivity contribution is 6.32. The van der Waals surface area contributed by atoms with Crippen LogP contribution >= 0.6 is 0 Å². The zero-order valence-corrected chi connectivity index (χ0v) is 12.4. The van der Waals surface area contributed by atoms with Crippen LogP contribution < -0.4 is 5.01 Å². The van der Waals surface area contributed by atoms with Gasteiger partial charge < -0.3 is 0 Å². The van der Waals surface area contributed by atoms with E-state index in [1.807, 2.05) is 67.6 Å². The number of carbonyl (C=O) groups is 1. The SMILES string of the molecule is C=Cc1ccc(C=C2C(=O)N(c3ccccc3)N=C2C)cc1. The van der Waals surface area contributed by atoms with E-state index in [-0.39, 0.29) is 5.91 Å². The van der Waals surface area contributed by atoms with Crippen LogP contribution in [0, 0.1) is 0 Å². The molecule has 1 heterocycles. The van der Waals surface area contributed by atoms with Crippen molar-refractivity contribution in [3.63, 3.8) is 0 Å². The molecule has 0 spiro atoms. The van der Waals surface area contributed by atoms with Gasteiger partial charge in [-0.3, -0.25) is 4.79 Å². The van der Waals surface area contributed by atoms with Gasteiger partial charge in [0.25, 0.3) is 5.91 Å². The average Bonchev–Trinajstić information content (AvgIpc) is 2.84. The molecule has 0 saturated heterocycles. The number of amides is 1. The molecule has 2 aromatic rings. The lowest BCUT2D eigenvalue weighted by Crippen LogP contribution is -2.21. The molecule has 0 N–H and O–H groups in total. The number of hydrogen-bond acceptors (Lipinski definition) is 2. The van der Waals surface area contributed by atoms with E-state index < -0.39 is 0 Å². The number of anilines is 1. The molecule has 1 amide bonds. The molecule has 3 heteroatoms. The van der Waals surface area contributed by atoms with E-state index in [1.165, 1.54) is 5.01 Å². The summed E-state index contributed by atoms with van der Waals surface area (Å²) in [7, 11) is 0. The standard InChI is InChI=1S/C19H16N2O/c1-3-15-9-11-16(12-10-15)13-18-14(2)20-21(19(18)22)17-7-5-4-6-8-17/h3-13H,1H2,2H3. The molecule has 2 aromatic carbocycles. The molecule has 0 aromatic heterocycles. The molecule has 0 atom stereocenters. The first-order valence-corrected chi connectivity index (χ1v) is 7.08. The molecular weight excluding hydrogens is 272 g/mol.